The number of aromatic nitrogens is 4. The molecule has 0 atom stereocenters. The van der Waals surface area contributed by atoms with E-state index in [2.05, 4.69) is 200 Å². The van der Waals surface area contributed by atoms with Gasteiger partial charge in [0.05, 0.1) is 22.1 Å². The second-order valence-electron chi connectivity index (χ2n) is 12.6. The van der Waals surface area contributed by atoms with Gasteiger partial charge < -0.3 is 9.05 Å². The highest BCUT2D eigenvalue weighted by Gasteiger charge is 2.26. The predicted molar refractivity (Wildman–Crippen MR) is 216 cm³/mol. The predicted octanol–water partition coefficient (Wildman–Crippen LogP) is 12.6. The van der Waals surface area contributed by atoms with Gasteiger partial charge in [0.2, 0.25) is 0 Å². The first-order chi connectivity index (χ1) is 25.8. The zero-order valence-corrected chi connectivity index (χ0v) is 29.8. The fourth-order valence-corrected chi connectivity index (χ4v) is 10.6. The molecule has 0 aliphatic rings. The van der Waals surface area contributed by atoms with Crippen molar-refractivity contribution in [1.29, 1.82) is 0 Å². The average Bonchev–Trinajstić information content (AvgIpc) is 4.02. The third-order valence-electron chi connectivity index (χ3n) is 9.48. The molecule has 6 aromatic carbocycles. The minimum Gasteiger partial charge on any atom is -0.435 e. The van der Waals surface area contributed by atoms with Crippen molar-refractivity contribution >= 4 is 60.5 Å². The van der Waals surface area contributed by atoms with Crippen LogP contribution in [0.5, 0.6) is 11.5 Å². The molecule has 0 aliphatic heterocycles. The Morgan fingerprint density at radius 3 is 0.885 bits per heavy atom. The summed E-state index contributed by atoms with van der Waals surface area (Å²) in [7, 11) is -2.79. The second-order valence-corrected chi connectivity index (χ2v) is 15.7. The van der Waals surface area contributed by atoms with Crippen LogP contribution in [0.4, 0.5) is 0 Å². The second kappa shape index (κ2) is 12.9. The molecule has 10 aromatic rings. The van der Waals surface area contributed by atoms with Crippen molar-refractivity contribution in [1.82, 2.24) is 17.4 Å². The summed E-state index contributed by atoms with van der Waals surface area (Å²) in [5, 5.41) is 4.69. The van der Waals surface area contributed by atoms with Crippen molar-refractivity contribution in [3.63, 3.8) is 0 Å². The van der Waals surface area contributed by atoms with E-state index in [0.29, 0.717) is 0 Å². The first-order valence-electron chi connectivity index (χ1n) is 17.2. The SMILES string of the molecule is c1ccc(-c2ccccc2OP(n2ccc3ccccc32)n2ccc3ccccc32)c(OP(n2ccc3ccccc32)n2ccc3ccccc32)c1. The minimum absolute atomic E-state index is 0.780. The monoisotopic (exact) mass is 710 g/mol. The standard InChI is InChI=1S/C44H32N4O2P2/c1-7-19-39-33(13-1)25-29-45(39)51(46-30-26-34-14-2-8-20-40(34)46)49-43-23-11-5-17-37(43)38-18-6-12-24-44(38)50-52(47-31-27-35-15-3-9-21-41(35)47)48-32-28-36-16-4-10-22-42(36)48/h1-32H. The molecule has 6 nitrogen and oxygen atoms in total. The van der Waals surface area contributed by atoms with Gasteiger partial charge in [-0.15, -0.1) is 0 Å². The van der Waals surface area contributed by atoms with Gasteiger partial charge in [-0.2, -0.15) is 0 Å². The normalized spacial score (nSPS) is 11.8. The first kappa shape index (κ1) is 30.7. The van der Waals surface area contributed by atoms with Crippen molar-refractivity contribution in [3.05, 3.63) is 195 Å². The molecule has 8 heteroatoms. The summed E-state index contributed by atoms with van der Waals surface area (Å²) >= 11 is 0. The fraction of sp³-hybridized carbons (Fsp3) is 0. The molecule has 0 radical (unpaired) electrons. The van der Waals surface area contributed by atoms with E-state index < -0.39 is 16.9 Å². The summed E-state index contributed by atoms with van der Waals surface area (Å²) in [6.07, 6.45) is 8.56. The van der Waals surface area contributed by atoms with E-state index in [9.17, 15) is 0 Å². The van der Waals surface area contributed by atoms with E-state index in [-0.39, 0.29) is 0 Å². The maximum atomic E-state index is 7.25. The number of fused-ring (bicyclic) bond motifs is 4. The van der Waals surface area contributed by atoms with Gasteiger partial charge in [-0.3, -0.25) is 17.4 Å². The lowest BCUT2D eigenvalue weighted by Gasteiger charge is -2.25. The van der Waals surface area contributed by atoms with Crippen LogP contribution in [0, 0.1) is 0 Å². The van der Waals surface area contributed by atoms with Gasteiger partial charge in [-0.1, -0.05) is 109 Å². The molecule has 0 saturated carbocycles. The van der Waals surface area contributed by atoms with E-state index in [1.807, 2.05) is 12.1 Å². The van der Waals surface area contributed by atoms with Crippen molar-refractivity contribution in [3.8, 4) is 22.6 Å². The van der Waals surface area contributed by atoms with Crippen molar-refractivity contribution in [2.24, 2.45) is 0 Å². The molecule has 250 valence electrons. The molecule has 52 heavy (non-hydrogen) atoms. The van der Waals surface area contributed by atoms with E-state index in [4.69, 9.17) is 9.05 Å². The van der Waals surface area contributed by atoms with Gasteiger partial charge in [0.1, 0.15) is 11.5 Å². The Hall–Kier alpha value is -6.06. The molecule has 0 unspecified atom stereocenters. The van der Waals surface area contributed by atoms with E-state index >= 15 is 0 Å². The van der Waals surface area contributed by atoms with Gasteiger partial charge in [-0.05, 0) is 60.7 Å². The molecule has 0 bridgehead atoms. The molecule has 0 amide bonds. The highest BCUT2D eigenvalue weighted by Crippen LogP contribution is 2.52. The lowest BCUT2D eigenvalue weighted by Crippen LogP contribution is -2.07. The van der Waals surface area contributed by atoms with E-state index in [0.717, 1.165) is 44.7 Å². The Kier molecular flexibility index (Phi) is 7.64. The Bertz CT molecular complexity index is 2520. The van der Waals surface area contributed by atoms with Gasteiger partial charge >= 0.3 is 16.9 Å². The lowest BCUT2D eigenvalue weighted by atomic mass is 10.0. The third kappa shape index (κ3) is 5.27. The number of hydrogen-bond acceptors (Lipinski definition) is 2. The molecule has 4 heterocycles. The van der Waals surface area contributed by atoms with Crippen LogP contribution in [0.15, 0.2) is 195 Å². The molecule has 0 saturated heterocycles. The molecule has 4 aromatic heterocycles. The molecule has 0 fully saturated rings. The number of nitrogens with zero attached hydrogens (tertiary/aromatic N) is 4. The molecule has 10 rings (SSSR count). The summed E-state index contributed by atoms with van der Waals surface area (Å²) in [6, 6.07) is 59.1. The summed E-state index contributed by atoms with van der Waals surface area (Å²) in [5.41, 5.74) is 6.41. The Morgan fingerprint density at radius 1 is 0.288 bits per heavy atom. The number of benzene rings is 6. The largest absolute Gasteiger partial charge is 0.435 e. The number of para-hydroxylation sites is 6. The summed E-state index contributed by atoms with van der Waals surface area (Å²) in [6.45, 7) is 0. The zero-order chi connectivity index (χ0) is 34.4. The number of hydrogen-bond donors (Lipinski definition) is 0. The third-order valence-corrected chi connectivity index (χ3v) is 13.1. The fourth-order valence-electron chi connectivity index (χ4n) is 6.97. The Labute approximate surface area is 303 Å². The molecule has 0 spiro atoms. The minimum atomic E-state index is -1.40. The smallest absolute Gasteiger partial charge is 0.318 e. The Morgan fingerprint density at radius 2 is 0.558 bits per heavy atom. The maximum absolute atomic E-state index is 7.25. The van der Waals surface area contributed by atoms with Gasteiger partial charge in [0.15, 0.2) is 0 Å². The van der Waals surface area contributed by atoms with Crippen LogP contribution in [0.25, 0.3) is 54.7 Å². The maximum Gasteiger partial charge on any atom is 0.318 e. The topological polar surface area (TPSA) is 38.2 Å². The lowest BCUT2D eigenvalue weighted by molar-refractivity contribution is 0.589. The van der Waals surface area contributed by atoms with Crippen LogP contribution in [0.2, 0.25) is 0 Å². The Balaban J connectivity index is 1.10. The summed E-state index contributed by atoms with van der Waals surface area (Å²) in [5.74, 6) is 1.56. The summed E-state index contributed by atoms with van der Waals surface area (Å²) in [4.78, 5) is 0. The molecule has 0 N–H and O–H groups in total. The van der Waals surface area contributed by atoms with Crippen molar-refractivity contribution in [2.45, 2.75) is 0 Å². The molecular formula is C44H32N4O2P2. The number of rotatable bonds is 9. The quantitative estimate of drug-likeness (QED) is 0.140. The zero-order valence-electron chi connectivity index (χ0n) is 28.0. The van der Waals surface area contributed by atoms with Crippen LogP contribution in [0.3, 0.4) is 0 Å². The highest BCUT2D eigenvalue weighted by molar-refractivity contribution is 7.50. The van der Waals surface area contributed by atoms with Gasteiger partial charge in [0.25, 0.3) is 0 Å². The van der Waals surface area contributed by atoms with Crippen molar-refractivity contribution in [2.75, 3.05) is 0 Å². The highest BCUT2D eigenvalue weighted by atomic mass is 31.2. The average molecular weight is 711 g/mol. The van der Waals surface area contributed by atoms with E-state index in [1.165, 1.54) is 21.5 Å². The van der Waals surface area contributed by atoms with Gasteiger partial charge in [0, 0.05) is 57.5 Å². The van der Waals surface area contributed by atoms with Crippen LogP contribution >= 0.6 is 16.9 Å². The summed E-state index contributed by atoms with van der Waals surface area (Å²) < 4.78 is 23.6. The van der Waals surface area contributed by atoms with Crippen molar-refractivity contribution < 1.29 is 9.05 Å². The van der Waals surface area contributed by atoms with E-state index in [1.54, 1.807) is 0 Å². The molecular weight excluding hydrogens is 678 g/mol. The van der Waals surface area contributed by atoms with Crippen LogP contribution in [-0.2, 0) is 0 Å². The molecule has 0 aliphatic carbocycles. The first-order valence-corrected chi connectivity index (χ1v) is 19.5. The van der Waals surface area contributed by atoms with Gasteiger partial charge in [-0.25, -0.2) is 0 Å². The van der Waals surface area contributed by atoms with Crippen LogP contribution in [0.1, 0.15) is 0 Å². The van der Waals surface area contributed by atoms with Crippen LogP contribution < -0.4 is 9.05 Å². The van der Waals surface area contributed by atoms with Crippen LogP contribution in [-0.4, -0.2) is 17.4 Å².